The van der Waals surface area contributed by atoms with Crippen LogP contribution in [0.25, 0.3) is 0 Å². The third kappa shape index (κ3) is 4.60. The molecule has 0 amide bonds. The number of methoxy groups -OCH3 is 1. The van der Waals surface area contributed by atoms with Gasteiger partial charge in [0.05, 0.1) is 18.1 Å². The van der Waals surface area contributed by atoms with E-state index in [2.05, 4.69) is 29.6 Å². The highest BCUT2D eigenvalue weighted by Gasteiger charge is 2.27. The van der Waals surface area contributed by atoms with Gasteiger partial charge in [-0.25, -0.2) is 8.42 Å². The van der Waals surface area contributed by atoms with Crippen LogP contribution in [-0.4, -0.2) is 33.6 Å². The molecule has 1 heterocycles. The van der Waals surface area contributed by atoms with E-state index in [0.29, 0.717) is 18.1 Å². The van der Waals surface area contributed by atoms with Crippen LogP contribution in [0.4, 0.5) is 0 Å². The Balaban J connectivity index is 1.74. The Labute approximate surface area is 115 Å². The molecular formula is C14H21NO3S. The predicted molar refractivity (Wildman–Crippen MR) is 75.6 cm³/mol. The smallest absolute Gasteiger partial charge is 0.150 e. The molecule has 1 aliphatic heterocycles. The van der Waals surface area contributed by atoms with E-state index in [-0.39, 0.29) is 5.92 Å². The lowest BCUT2D eigenvalue weighted by Gasteiger charge is -2.10. The first-order chi connectivity index (χ1) is 9.09. The molecule has 19 heavy (non-hydrogen) atoms. The van der Waals surface area contributed by atoms with Crippen molar-refractivity contribution >= 4 is 9.84 Å². The van der Waals surface area contributed by atoms with Crippen molar-refractivity contribution < 1.29 is 13.2 Å². The quantitative estimate of drug-likeness (QED) is 0.856. The molecule has 1 fully saturated rings. The maximum Gasteiger partial charge on any atom is 0.150 e. The van der Waals surface area contributed by atoms with E-state index < -0.39 is 9.84 Å². The van der Waals surface area contributed by atoms with Crippen molar-refractivity contribution in [1.82, 2.24) is 5.32 Å². The zero-order valence-corrected chi connectivity index (χ0v) is 12.1. The topological polar surface area (TPSA) is 55.4 Å². The van der Waals surface area contributed by atoms with Crippen molar-refractivity contribution in [3.63, 3.8) is 0 Å². The van der Waals surface area contributed by atoms with Crippen LogP contribution in [0.1, 0.15) is 17.5 Å². The molecule has 1 aromatic carbocycles. The Hall–Kier alpha value is -0.910. The summed E-state index contributed by atoms with van der Waals surface area (Å²) in [7, 11) is -1.07. The largest absolute Gasteiger partial charge is 0.380 e. The van der Waals surface area contributed by atoms with Crippen LogP contribution in [0.2, 0.25) is 0 Å². The van der Waals surface area contributed by atoms with E-state index >= 15 is 0 Å². The van der Waals surface area contributed by atoms with Gasteiger partial charge in [0.25, 0.3) is 0 Å². The summed E-state index contributed by atoms with van der Waals surface area (Å²) in [6.07, 6.45) is 0.794. The summed E-state index contributed by atoms with van der Waals surface area (Å²) in [6, 6.07) is 8.26. The first-order valence-corrected chi connectivity index (χ1v) is 8.39. The normalized spacial score (nSPS) is 21.6. The molecule has 2 rings (SSSR count). The van der Waals surface area contributed by atoms with E-state index in [0.717, 1.165) is 25.1 Å². The van der Waals surface area contributed by atoms with Crippen LogP contribution in [0.3, 0.4) is 0 Å². The molecule has 5 heteroatoms. The van der Waals surface area contributed by atoms with Gasteiger partial charge in [0.1, 0.15) is 0 Å². The van der Waals surface area contributed by atoms with Crippen LogP contribution >= 0.6 is 0 Å². The lowest BCUT2D eigenvalue weighted by Crippen LogP contribution is -2.23. The molecule has 0 radical (unpaired) electrons. The van der Waals surface area contributed by atoms with Crippen LogP contribution < -0.4 is 5.32 Å². The highest BCUT2D eigenvalue weighted by atomic mass is 32.2. The molecule has 4 nitrogen and oxygen atoms in total. The van der Waals surface area contributed by atoms with Crippen molar-refractivity contribution in [2.24, 2.45) is 5.92 Å². The second-order valence-electron chi connectivity index (χ2n) is 5.15. The van der Waals surface area contributed by atoms with Crippen LogP contribution in [0, 0.1) is 5.92 Å². The molecule has 0 saturated carbocycles. The molecule has 1 aliphatic rings. The molecule has 0 aliphatic carbocycles. The molecule has 1 N–H and O–H groups in total. The summed E-state index contributed by atoms with van der Waals surface area (Å²) in [5.74, 6) is 0.968. The highest BCUT2D eigenvalue weighted by Crippen LogP contribution is 2.17. The van der Waals surface area contributed by atoms with Crippen molar-refractivity contribution in [2.75, 3.05) is 25.2 Å². The Kier molecular flexibility index (Phi) is 4.96. The van der Waals surface area contributed by atoms with Crippen molar-refractivity contribution in [3.8, 4) is 0 Å². The van der Waals surface area contributed by atoms with Gasteiger partial charge in [-0.05, 0) is 30.0 Å². The summed E-state index contributed by atoms with van der Waals surface area (Å²) in [5, 5.41) is 3.34. The molecule has 0 aromatic heterocycles. The van der Waals surface area contributed by atoms with Gasteiger partial charge < -0.3 is 10.1 Å². The predicted octanol–water partition coefficient (Wildman–Crippen LogP) is 1.36. The Morgan fingerprint density at radius 2 is 1.95 bits per heavy atom. The molecular weight excluding hydrogens is 262 g/mol. The van der Waals surface area contributed by atoms with Gasteiger partial charge in [0, 0.05) is 13.7 Å². The zero-order valence-electron chi connectivity index (χ0n) is 11.3. The first-order valence-electron chi connectivity index (χ1n) is 6.57. The van der Waals surface area contributed by atoms with Crippen LogP contribution in [0.15, 0.2) is 24.3 Å². The van der Waals surface area contributed by atoms with Gasteiger partial charge in [0.2, 0.25) is 0 Å². The number of hydrogen-bond acceptors (Lipinski definition) is 4. The van der Waals surface area contributed by atoms with Gasteiger partial charge in [-0.1, -0.05) is 24.3 Å². The SMILES string of the molecule is COCc1ccc(CNCC2CCS(=O)(=O)C2)cc1. The summed E-state index contributed by atoms with van der Waals surface area (Å²) in [6.45, 7) is 2.19. The molecule has 1 atom stereocenters. The molecule has 106 valence electrons. The maximum absolute atomic E-state index is 11.3. The minimum absolute atomic E-state index is 0.276. The van der Waals surface area contributed by atoms with E-state index in [1.54, 1.807) is 7.11 Å². The third-order valence-electron chi connectivity index (χ3n) is 3.42. The van der Waals surface area contributed by atoms with Gasteiger partial charge in [-0.15, -0.1) is 0 Å². The van der Waals surface area contributed by atoms with Crippen LogP contribution in [-0.2, 0) is 27.7 Å². The Morgan fingerprint density at radius 1 is 1.26 bits per heavy atom. The second-order valence-corrected chi connectivity index (χ2v) is 7.38. The Morgan fingerprint density at radius 3 is 2.53 bits per heavy atom. The van der Waals surface area contributed by atoms with E-state index in [9.17, 15) is 8.42 Å². The molecule has 1 aromatic rings. The number of ether oxygens (including phenoxy) is 1. The first kappa shape index (κ1) is 14.5. The van der Waals surface area contributed by atoms with Crippen molar-refractivity contribution in [3.05, 3.63) is 35.4 Å². The standard InChI is InChI=1S/C14H21NO3S/c1-18-10-13-4-2-12(3-5-13)8-15-9-14-6-7-19(16,17)11-14/h2-5,14-15H,6-11H2,1H3. The van der Waals surface area contributed by atoms with E-state index in [4.69, 9.17) is 4.74 Å². The molecule has 0 spiro atoms. The summed E-state index contributed by atoms with van der Waals surface area (Å²) in [5.41, 5.74) is 2.37. The second kappa shape index (κ2) is 6.50. The number of hydrogen-bond donors (Lipinski definition) is 1. The summed E-state index contributed by atoms with van der Waals surface area (Å²) < 4.78 is 27.7. The van der Waals surface area contributed by atoms with Gasteiger partial charge in [-0.3, -0.25) is 0 Å². The maximum atomic E-state index is 11.3. The van der Waals surface area contributed by atoms with Gasteiger partial charge >= 0.3 is 0 Å². The van der Waals surface area contributed by atoms with Gasteiger partial charge in [-0.2, -0.15) is 0 Å². The number of nitrogens with one attached hydrogen (secondary N) is 1. The number of benzene rings is 1. The highest BCUT2D eigenvalue weighted by molar-refractivity contribution is 7.91. The average molecular weight is 283 g/mol. The number of rotatable bonds is 6. The fraction of sp³-hybridized carbons (Fsp3) is 0.571. The lowest BCUT2D eigenvalue weighted by atomic mass is 10.1. The molecule has 0 bridgehead atoms. The monoisotopic (exact) mass is 283 g/mol. The Bertz CT molecular complexity index is 496. The van der Waals surface area contributed by atoms with E-state index in [1.807, 2.05) is 0 Å². The number of sulfone groups is 1. The van der Waals surface area contributed by atoms with E-state index in [1.165, 1.54) is 5.56 Å². The minimum Gasteiger partial charge on any atom is -0.380 e. The zero-order chi connectivity index (χ0) is 13.7. The molecule has 1 saturated heterocycles. The minimum atomic E-state index is -2.76. The van der Waals surface area contributed by atoms with Gasteiger partial charge in [0.15, 0.2) is 9.84 Å². The van der Waals surface area contributed by atoms with Crippen molar-refractivity contribution in [1.29, 1.82) is 0 Å². The van der Waals surface area contributed by atoms with Crippen molar-refractivity contribution in [2.45, 2.75) is 19.6 Å². The summed E-state index contributed by atoms with van der Waals surface area (Å²) >= 11 is 0. The summed E-state index contributed by atoms with van der Waals surface area (Å²) in [4.78, 5) is 0. The fourth-order valence-corrected chi connectivity index (χ4v) is 4.24. The third-order valence-corrected chi connectivity index (χ3v) is 5.26. The lowest BCUT2D eigenvalue weighted by molar-refractivity contribution is 0.185. The molecule has 1 unspecified atom stereocenters. The van der Waals surface area contributed by atoms with Crippen LogP contribution in [0.5, 0.6) is 0 Å². The fourth-order valence-electron chi connectivity index (χ4n) is 2.37. The average Bonchev–Trinajstić information content (AvgIpc) is 2.72.